The lowest BCUT2D eigenvalue weighted by molar-refractivity contribution is 0.281. The van der Waals surface area contributed by atoms with E-state index in [1.807, 2.05) is 13.0 Å². The van der Waals surface area contributed by atoms with Crippen molar-refractivity contribution in [3.8, 4) is 0 Å². The van der Waals surface area contributed by atoms with E-state index in [0.717, 1.165) is 24.0 Å². The van der Waals surface area contributed by atoms with E-state index in [2.05, 4.69) is 4.72 Å². The zero-order valence-electron chi connectivity index (χ0n) is 10.7. The molecule has 100 valence electrons. The predicted molar refractivity (Wildman–Crippen MR) is 69.8 cm³/mol. The van der Waals surface area contributed by atoms with Crippen LogP contribution >= 0.6 is 0 Å². The molecule has 2 rings (SSSR count). The zero-order chi connectivity index (χ0) is 13.3. The average Bonchev–Trinajstić information content (AvgIpc) is 3.13. The van der Waals surface area contributed by atoms with Gasteiger partial charge in [0.05, 0.1) is 11.5 Å². The molecule has 0 aromatic heterocycles. The summed E-state index contributed by atoms with van der Waals surface area (Å²) in [5.41, 5.74) is 2.26. The Bertz CT molecular complexity index is 548. The summed E-state index contributed by atoms with van der Waals surface area (Å²) in [5, 5.41) is 9.16. The lowest BCUT2D eigenvalue weighted by Crippen LogP contribution is -2.26. The molecule has 0 bridgehead atoms. The first kappa shape index (κ1) is 13.5. The smallest absolute Gasteiger partial charge is 0.240 e. The molecule has 1 aliphatic carbocycles. The first-order valence-electron chi connectivity index (χ1n) is 6.14. The maximum absolute atomic E-state index is 12.2. The zero-order valence-corrected chi connectivity index (χ0v) is 11.5. The van der Waals surface area contributed by atoms with E-state index in [-0.39, 0.29) is 11.5 Å². The second kappa shape index (κ2) is 4.99. The molecule has 1 aliphatic rings. The van der Waals surface area contributed by atoms with E-state index in [9.17, 15) is 8.42 Å². The molecular formula is C13H19NO3S. The minimum atomic E-state index is -3.46. The van der Waals surface area contributed by atoms with Crippen molar-refractivity contribution in [2.75, 3.05) is 6.54 Å². The summed E-state index contributed by atoms with van der Waals surface area (Å²) < 4.78 is 27.1. The normalized spacial score (nSPS) is 15.9. The van der Waals surface area contributed by atoms with Crippen molar-refractivity contribution in [1.29, 1.82) is 0 Å². The maximum Gasteiger partial charge on any atom is 0.240 e. The van der Waals surface area contributed by atoms with Gasteiger partial charge >= 0.3 is 0 Å². The number of aliphatic hydroxyl groups is 1. The summed E-state index contributed by atoms with van der Waals surface area (Å²) in [5.74, 6) is 0.502. The highest BCUT2D eigenvalue weighted by Crippen LogP contribution is 2.28. The van der Waals surface area contributed by atoms with Crippen LogP contribution in [0, 0.1) is 19.8 Å². The molecule has 1 aromatic carbocycles. The molecule has 0 aliphatic heterocycles. The minimum Gasteiger partial charge on any atom is -0.392 e. The number of aliphatic hydroxyl groups excluding tert-OH is 1. The van der Waals surface area contributed by atoms with Crippen molar-refractivity contribution >= 4 is 10.0 Å². The van der Waals surface area contributed by atoms with Crippen molar-refractivity contribution in [2.45, 2.75) is 38.2 Å². The van der Waals surface area contributed by atoms with Gasteiger partial charge in [-0.3, -0.25) is 0 Å². The van der Waals surface area contributed by atoms with Crippen molar-refractivity contribution in [3.05, 3.63) is 28.8 Å². The molecule has 1 aromatic rings. The molecule has 4 nitrogen and oxygen atoms in total. The van der Waals surface area contributed by atoms with Crippen LogP contribution in [0.2, 0.25) is 0 Å². The van der Waals surface area contributed by atoms with Gasteiger partial charge in [0.1, 0.15) is 0 Å². The van der Waals surface area contributed by atoms with Gasteiger partial charge in [0.15, 0.2) is 0 Å². The Morgan fingerprint density at radius 2 is 2.00 bits per heavy atom. The number of hydrogen-bond acceptors (Lipinski definition) is 3. The number of benzene rings is 1. The van der Waals surface area contributed by atoms with Crippen molar-refractivity contribution in [1.82, 2.24) is 4.72 Å². The third kappa shape index (κ3) is 2.91. The monoisotopic (exact) mass is 269 g/mol. The van der Waals surface area contributed by atoms with E-state index in [1.165, 1.54) is 0 Å². The van der Waals surface area contributed by atoms with Crippen LogP contribution in [0.5, 0.6) is 0 Å². The molecule has 0 saturated heterocycles. The highest BCUT2D eigenvalue weighted by atomic mass is 32.2. The van der Waals surface area contributed by atoms with Crippen LogP contribution in [0.25, 0.3) is 0 Å². The molecule has 1 saturated carbocycles. The Balaban J connectivity index is 2.32. The van der Waals surface area contributed by atoms with Crippen molar-refractivity contribution in [2.24, 2.45) is 5.92 Å². The lowest BCUT2D eigenvalue weighted by Gasteiger charge is -2.12. The van der Waals surface area contributed by atoms with Gasteiger partial charge in [-0.25, -0.2) is 13.1 Å². The standard InChI is InChI=1S/C13H19NO3S/c1-9-5-12(8-15)6-13(10(9)2)18(16,17)14-7-11-3-4-11/h5-6,11,14-15H,3-4,7-8H2,1-2H3. The molecular weight excluding hydrogens is 250 g/mol. The van der Waals surface area contributed by atoms with Gasteiger partial charge in [-0.15, -0.1) is 0 Å². The quantitative estimate of drug-likeness (QED) is 0.851. The third-order valence-corrected chi connectivity index (χ3v) is 4.96. The summed E-state index contributed by atoms with van der Waals surface area (Å²) in [7, 11) is -3.46. The molecule has 2 N–H and O–H groups in total. The van der Waals surface area contributed by atoms with Gasteiger partial charge in [-0.05, 0) is 55.4 Å². The lowest BCUT2D eigenvalue weighted by atomic mass is 10.1. The Labute approximate surface area is 108 Å². The molecule has 0 atom stereocenters. The Morgan fingerprint density at radius 1 is 1.33 bits per heavy atom. The highest BCUT2D eigenvalue weighted by molar-refractivity contribution is 7.89. The van der Waals surface area contributed by atoms with Crippen LogP contribution in [0.15, 0.2) is 17.0 Å². The van der Waals surface area contributed by atoms with E-state index in [4.69, 9.17) is 5.11 Å². The molecule has 18 heavy (non-hydrogen) atoms. The number of hydrogen-bond donors (Lipinski definition) is 2. The predicted octanol–water partition coefficient (Wildman–Crippen LogP) is 1.48. The highest BCUT2D eigenvalue weighted by Gasteiger charge is 2.25. The van der Waals surface area contributed by atoms with Gasteiger partial charge in [0.2, 0.25) is 10.0 Å². The second-order valence-corrected chi connectivity index (χ2v) is 6.72. The van der Waals surface area contributed by atoms with Gasteiger partial charge in [-0.2, -0.15) is 0 Å². The summed E-state index contributed by atoms with van der Waals surface area (Å²) >= 11 is 0. The second-order valence-electron chi connectivity index (χ2n) is 4.99. The van der Waals surface area contributed by atoms with Crippen LogP contribution in [0.3, 0.4) is 0 Å². The summed E-state index contributed by atoms with van der Waals surface area (Å²) in [6, 6.07) is 3.37. The maximum atomic E-state index is 12.2. The van der Waals surface area contributed by atoms with Crippen LogP contribution in [0.4, 0.5) is 0 Å². The summed E-state index contributed by atoms with van der Waals surface area (Å²) in [6.45, 7) is 4.02. The molecule has 1 fully saturated rings. The average molecular weight is 269 g/mol. The van der Waals surface area contributed by atoms with Gasteiger partial charge in [0.25, 0.3) is 0 Å². The van der Waals surface area contributed by atoms with Crippen molar-refractivity contribution < 1.29 is 13.5 Å². The molecule has 0 radical (unpaired) electrons. The van der Waals surface area contributed by atoms with Gasteiger partial charge < -0.3 is 5.11 Å². The number of rotatable bonds is 5. The fourth-order valence-electron chi connectivity index (χ4n) is 1.90. The fourth-order valence-corrected chi connectivity index (χ4v) is 3.38. The Hall–Kier alpha value is -0.910. The molecule has 5 heteroatoms. The van der Waals surface area contributed by atoms with Gasteiger partial charge in [0, 0.05) is 6.54 Å². The van der Waals surface area contributed by atoms with Crippen LogP contribution in [-0.2, 0) is 16.6 Å². The number of nitrogens with one attached hydrogen (secondary N) is 1. The van der Waals surface area contributed by atoms with E-state index in [1.54, 1.807) is 13.0 Å². The largest absolute Gasteiger partial charge is 0.392 e. The molecule has 0 heterocycles. The number of sulfonamides is 1. The van der Waals surface area contributed by atoms with Crippen LogP contribution in [0.1, 0.15) is 29.5 Å². The van der Waals surface area contributed by atoms with Crippen LogP contribution in [-0.4, -0.2) is 20.1 Å². The SMILES string of the molecule is Cc1cc(CO)cc(S(=O)(=O)NCC2CC2)c1C. The Kier molecular flexibility index (Phi) is 3.75. The van der Waals surface area contributed by atoms with Crippen LogP contribution < -0.4 is 4.72 Å². The Morgan fingerprint density at radius 3 is 2.56 bits per heavy atom. The first-order valence-corrected chi connectivity index (χ1v) is 7.63. The topological polar surface area (TPSA) is 66.4 Å². The molecule has 0 spiro atoms. The molecule has 0 amide bonds. The van der Waals surface area contributed by atoms with E-state index >= 15 is 0 Å². The fraction of sp³-hybridized carbons (Fsp3) is 0.538. The number of aryl methyl sites for hydroxylation is 1. The molecule has 0 unspecified atom stereocenters. The summed E-state index contributed by atoms with van der Waals surface area (Å²) in [6.07, 6.45) is 2.22. The van der Waals surface area contributed by atoms with Crippen molar-refractivity contribution in [3.63, 3.8) is 0 Å². The van der Waals surface area contributed by atoms with Gasteiger partial charge in [-0.1, -0.05) is 6.07 Å². The third-order valence-electron chi connectivity index (χ3n) is 3.41. The minimum absolute atomic E-state index is 0.147. The van der Waals surface area contributed by atoms with E-state index in [0.29, 0.717) is 18.0 Å². The van der Waals surface area contributed by atoms with E-state index < -0.39 is 10.0 Å². The first-order chi connectivity index (χ1) is 8.44. The summed E-state index contributed by atoms with van der Waals surface area (Å²) in [4.78, 5) is 0.284.